The normalized spacial score (nSPS) is 29.4. The maximum absolute atomic E-state index is 12.7. The van der Waals surface area contributed by atoms with Gasteiger partial charge in [0, 0.05) is 6.54 Å². The van der Waals surface area contributed by atoms with Crippen molar-refractivity contribution in [3.63, 3.8) is 0 Å². The Bertz CT molecular complexity index is 425. The monoisotopic (exact) mass is 295 g/mol. The predicted octanol–water partition coefficient (Wildman–Crippen LogP) is 1.23. The van der Waals surface area contributed by atoms with E-state index in [0.29, 0.717) is 13.0 Å². The molecule has 5 nitrogen and oxygen atoms in total. The van der Waals surface area contributed by atoms with Gasteiger partial charge in [-0.15, -0.1) is 0 Å². The highest BCUT2D eigenvalue weighted by atomic mass is 16.2. The Morgan fingerprint density at radius 3 is 2.29 bits per heavy atom. The summed E-state index contributed by atoms with van der Waals surface area (Å²) >= 11 is 0. The fourth-order valence-corrected chi connectivity index (χ4v) is 3.40. The molecule has 1 unspecified atom stereocenters. The van der Waals surface area contributed by atoms with Crippen molar-refractivity contribution in [1.29, 1.82) is 0 Å². The summed E-state index contributed by atoms with van der Waals surface area (Å²) in [5.41, 5.74) is -0.673. The lowest BCUT2D eigenvalue weighted by Gasteiger charge is -2.48. The Labute approximate surface area is 128 Å². The van der Waals surface area contributed by atoms with E-state index in [1.807, 2.05) is 11.8 Å². The molecule has 2 rings (SSSR count). The van der Waals surface area contributed by atoms with Crippen molar-refractivity contribution in [2.24, 2.45) is 5.41 Å². The van der Waals surface area contributed by atoms with Crippen molar-refractivity contribution in [1.82, 2.24) is 15.1 Å². The third-order valence-electron chi connectivity index (χ3n) is 5.04. The molecule has 0 aromatic rings. The van der Waals surface area contributed by atoms with Gasteiger partial charge >= 0.3 is 0 Å². The number of piperazine rings is 1. The van der Waals surface area contributed by atoms with Crippen LogP contribution in [-0.4, -0.2) is 59.9 Å². The largest absolute Gasteiger partial charge is 0.340 e. The van der Waals surface area contributed by atoms with E-state index in [1.165, 1.54) is 0 Å². The van der Waals surface area contributed by atoms with Crippen molar-refractivity contribution < 1.29 is 9.59 Å². The summed E-state index contributed by atoms with van der Waals surface area (Å²) in [4.78, 5) is 29.2. The number of carbonyl (C=O) groups excluding carboxylic acids is 2. The van der Waals surface area contributed by atoms with Crippen LogP contribution in [0.5, 0.6) is 0 Å². The molecule has 0 radical (unpaired) electrons. The van der Waals surface area contributed by atoms with Crippen LogP contribution in [0.25, 0.3) is 0 Å². The summed E-state index contributed by atoms with van der Waals surface area (Å²) < 4.78 is 0. The summed E-state index contributed by atoms with van der Waals surface area (Å²) in [7, 11) is 2.14. The summed E-state index contributed by atoms with van der Waals surface area (Å²) in [5, 5.41) is 2.85. The van der Waals surface area contributed by atoms with Gasteiger partial charge in [0.05, 0.1) is 0 Å². The van der Waals surface area contributed by atoms with Crippen molar-refractivity contribution in [3.05, 3.63) is 0 Å². The second-order valence-electron chi connectivity index (χ2n) is 7.59. The quantitative estimate of drug-likeness (QED) is 0.852. The van der Waals surface area contributed by atoms with Crippen LogP contribution in [-0.2, 0) is 9.59 Å². The fraction of sp³-hybridized carbons (Fsp3) is 0.875. The number of hydrogen-bond acceptors (Lipinski definition) is 3. The molecule has 2 aliphatic rings. The Hall–Kier alpha value is -1.10. The van der Waals surface area contributed by atoms with Crippen LogP contribution in [0.4, 0.5) is 0 Å². The first-order valence-corrected chi connectivity index (χ1v) is 8.00. The van der Waals surface area contributed by atoms with Gasteiger partial charge in [-0.3, -0.25) is 9.59 Å². The Balaban J connectivity index is 2.18. The molecule has 1 atom stereocenters. The molecular formula is C16H29N3O2. The Kier molecular flexibility index (Phi) is 4.34. The molecule has 0 bridgehead atoms. The van der Waals surface area contributed by atoms with E-state index in [-0.39, 0.29) is 23.3 Å². The first-order valence-electron chi connectivity index (χ1n) is 8.00. The second kappa shape index (κ2) is 5.59. The van der Waals surface area contributed by atoms with Crippen LogP contribution < -0.4 is 5.32 Å². The summed E-state index contributed by atoms with van der Waals surface area (Å²) in [5.74, 6) is 0.0349. The molecular weight excluding hydrogens is 266 g/mol. The molecule has 21 heavy (non-hydrogen) atoms. The van der Waals surface area contributed by atoms with Gasteiger partial charge in [-0.1, -0.05) is 13.8 Å². The van der Waals surface area contributed by atoms with Gasteiger partial charge < -0.3 is 15.1 Å². The van der Waals surface area contributed by atoms with Crippen molar-refractivity contribution in [2.75, 3.05) is 26.7 Å². The lowest BCUT2D eigenvalue weighted by Crippen LogP contribution is -2.69. The van der Waals surface area contributed by atoms with Crippen LogP contribution in [0, 0.1) is 5.41 Å². The van der Waals surface area contributed by atoms with Gasteiger partial charge in [-0.05, 0) is 58.7 Å². The number of piperidine rings is 1. The molecule has 0 aromatic heterocycles. The maximum atomic E-state index is 12.7. The minimum atomic E-state index is -0.787. The van der Waals surface area contributed by atoms with Gasteiger partial charge in [0.1, 0.15) is 11.6 Å². The van der Waals surface area contributed by atoms with E-state index in [0.717, 1.165) is 25.9 Å². The van der Waals surface area contributed by atoms with Crippen LogP contribution >= 0.6 is 0 Å². The number of nitrogens with zero attached hydrogens (tertiary/aromatic N) is 2. The SMILES string of the molecule is CCC1C(=O)NC(C)(C)C(=O)N1CC1(C)CCN(C)CC1. The maximum Gasteiger partial charge on any atom is 0.248 e. The molecule has 0 aliphatic carbocycles. The average Bonchev–Trinajstić information content (AvgIpc) is 2.39. The van der Waals surface area contributed by atoms with E-state index in [4.69, 9.17) is 0 Å². The lowest BCUT2D eigenvalue weighted by molar-refractivity contribution is -0.156. The second-order valence-corrected chi connectivity index (χ2v) is 7.59. The summed E-state index contributed by atoms with van der Waals surface area (Å²) in [6.07, 6.45) is 2.82. The lowest BCUT2D eigenvalue weighted by atomic mass is 9.79. The van der Waals surface area contributed by atoms with Crippen molar-refractivity contribution in [3.8, 4) is 0 Å². The molecule has 0 spiro atoms. The molecule has 1 N–H and O–H groups in total. The Morgan fingerprint density at radius 1 is 1.19 bits per heavy atom. The fourth-order valence-electron chi connectivity index (χ4n) is 3.40. The summed E-state index contributed by atoms with van der Waals surface area (Å²) in [6, 6.07) is -0.318. The van der Waals surface area contributed by atoms with Crippen LogP contribution in [0.15, 0.2) is 0 Å². The van der Waals surface area contributed by atoms with E-state index in [9.17, 15) is 9.59 Å². The molecule has 120 valence electrons. The molecule has 2 heterocycles. The molecule has 2 saturated heterocycles. The topological polar surface area (TPSA) is 52.7 Å². The third-order valence-corrected chi connectivity index (χ3v) is 5.04. The number of likely N-dealkylation sites (tertiary alicyclic amines) is 1. The van der Waals surface area contributed by atoms with E-state index in [1.54, 1.807) is 13.8 Å². The number of hydrogen-bond donors (Lipinski definition) is 1. The zero-order chi connectivity index (χ0) is 15.8. The standard InChI is InChI=1S/C16H29N3O2/c1-6-12-13(20)17-15(2,3)14(21)19(12)11-16(4)7-9-18(5)10-8-16/h12H,6-11H2,1-5H3,(H,17,20). The minimum Gasteiger partial charge on any atom is -0.340 e. The number of nitrogens with one attached hydrogen (secondary N) is 1. The zero-order valence-corrected chi connectivity index (χ0v) is 14.0. The van der Waals surface area contributed by atoms with Crippen LogP contribution in [0.1, 0.15) is 47.0 Å². The van der Waals surface area contributed by atoms with Crippen molar-refractivity contribution in [2.45, 2.75) is 58.5 Å². The van der Waals surface area contributed by atoms with Crippen molar-refractivity contribution >= 4 is 11.8 Å². The van der Waals surface area contributed by atoms with Gasteiger partial charge in [0.15, 0.2) is 0 Å². The average molecular weight is 295 g/mol. The molecule has 0 aromatic carbocycles. The van der Waals surface area contributed by atoms with Gasteiger partial charge in [-0.25, -0.2) is 0 Å². The van der Waals surface area contributed by atoms with Gasteiger partial charge in [0.25, 0.3) is 0 Å². The summed E-state index contributed by atoms with van der Waals surface area (Å²) in [6.45, 7) is 10.6. The van der Waals surface area contributed by atoms with Gasteiger partial charge in [0.2, 0.25) is 11.8 Å². The smallest absolute Gasteiger partial charge is 0.248 e. The molecule has 0 saturated carbocycles. The van der Waals surface area contributed by atoms with E-state index >= 15 is 0 Å². The minimum absolute atomic E-state index is 0.0152. The van der Waals surface area contributed by atoms with Crippen LogP contribution in [0.2, 0.25) is 0 Å². The highest BCUT2D eigenvalue weighted by Gasteiger charge is 2.46. The van der Waals surface area contributed by atoms with E-state index < -0.39 is 5.54 Å². The molecule has 2 fully saturated rings. The third kappa shape index (κ3) is 3.23. The highest BCUT2D eigenvalue weighted by Crippen LogP contribution is 2.34. The zero-order valence-electron chi connectivity index (χ0n) is 14.0. The Morgan fingerprint density at radius 2 is 1.76 bits per heavy atom. The molecule has 5 heteroatoms. The number of rotatable bonds is 3. The first-order chi connectivity index (χ1) is 9.68. The first kappa shape index (κ1) is 16.3. The number of carbonyl (C=O) groups is 2. The van der Waals surface area contributed by atoms with Crippen LogP contribution in [0.3, 0.4) is 0 Å². The number of amides is 2. The predicted molar refractivity (Wildman–Crippen MR) is 82.9 cm³/mol. The molecule has 2 aliphatic heterocycles. The molecule has 2 amide bonds. The van der Waals surface area contributed by atoms with E-state index in [2.05, 4.69) is 24.2 Å². The highest BCUT2D eigenvalue weighted by molar-refractivity contribution is 5.99. The van der Waals surface area contributed by atoms with Gasteiger partial charge in [-0.2, -0.15) is 0 Å².